The first-order chi connectivity index (χ1) is 7.13. The van der Waals surface area contributed by atoms with Crippen molar-refractivity contribution in [1.29, 1.82) is 0 Å². The Kier molecular flexibility index (Phi) is 4.63. The largest absolute Gasteiger partial charge is 0.343 e. The highest BCUT2D eigenvalue weighted by Crippen LogP contribution is 2.13. The summed E-state index contributed by atoms with van der Waals surface area (Å²) in [5, 5.41) is 0. The first-order valence-electron chi connectivity index (χ1n) is 5.28. The number of nitrogens with zero attached hydrogens (tertiary/aromatic N) is 2. The molecule has 0 aliphatic rings. The molecule has 1 heterocycles. The number of carbonyl (C=O) groups excluding carboxylic acids is 1. The summed E-state index contributed by atoms with van der Waals surface area (Å²) in [6.45, 7) is 8.43. The minimum atomic E-state index is 0.129. The Bertz CT molecular complexity index is 342. The van der Waals surface area contributed by atoms with Crippen LogP contribution in [0.1, 0.15) is 31.3 Å². The van der Waals surface area contributed by atoms with Gasteiger partial charge in [-0.25, -0.2) is 0 Å². The normalized spacial score (nSPS) is 10.4. The standard InChI is InChI=1S/C11H17IN2O/c1-4-13(5-2)11(15)10-7-9(12)8-14(10)6-3/h7-8H,4-6H2,1-3H3. The van der Waals surface area contributed by atoms with Crippen molar-refractivity contribution in [3.05, 3.63) is 21.5 Å². The Morgan fingerprint density at radius 3 is 2.47 bits per heavy atom. The van der Waals surface area contributed by atoms with Crippen LogP contribution in [0.5, 0.6) is 0 Å². The van der Waals surface area contributed by atoms with Crippen LogP contribution in [0.2, 0.25) is 0 Å². The van der Waals surface area contributed by atoms with Crippen LogP contribution in [0.3, 0.4) is 0 Å². The molecule has 0 radical (unpaired) electrons. The van der Waals surface area contributed by atoms with Crippen LogP contribution in [0.4, 0.5) is 0 Å². The van der Waals surface area contributed by atoms with Gasteiger partial charge in [-0.3, -0.25) is 4.79 Å². The van der Waals surface area contributed by atoms with Crippen molar-refractivity contribution in [2.75, 3.05) is 13.1 Å². The molecule has 0 saturated heterocycles. The molecular formula is C11H17IN2O. The Hall–Kier alpha value is -0.520. The third kappa shape index (κ3) is 2.74. The third-order valence-electron chi connectivity index (χ3n) is 2.47. The number of aryl methyl sites for hydroxylation is 1. The number of hydrogen-bond acceptors (Lipinski definition) is 1. The van der Waals surface area contributed by atoms with Gasteiger partial charge in [-0.1, -0.05) is 0 Å². The number of rotatable bonds is 4. The topological polar surface area (TPSA) is 25.2 Å². The van der Waals surface area contributed by atoms with Crippen molar-refractivity contribution in [1.82, 2.24) is 9.47 Å². The predicted molar refractivity (Wildman–Crippen MR) is 70.1 cm³/mol. The summed E-state index contributed by atoms with van der Waals surface area (Å²) in [5.41, 5.74) is 0.797. The Morgan fingerprint density at radius 1 is 1.40 bits per heavy atom. The molecule has 1 amide bonds. The fourth-order valence-electron chi connectivity index (χ4n) is 1.59. The number of hydrogen-bond donors (Lipinski definition) is 0. The van der Waals surface area contributed by atoms with Gasteiger partial charge < -0.3 is 9.47 Å². The highest BCUT2D eigenvalue weighted by atomic mass is 127. The molecular weight excluding hydrogens is 303 g/mol. The molecule has 0 saturated carbocycles. The van der Waals surface area contributed by atoms with Crippen LogP contribution in [-0.2, 0) is 6.54 Å². The quantitative estimate of drug-likeness (QED) is 0.783. The van der Waals surface area contributed by atoms with Crippen LogP contribution < -0.4 is 0 Å². The van der Waals surface area contributed by atoms with Crippen molar-refractivity contribution in [3.8, 4) is 0 Å². The zero-order valence-electron chi connectivity index (χ0n) is 9.46. The van der Waals surface area contributed by atoms with E-state index in [-0.39, 0.29) is 5.91 Å². The van der Waals surface area contributed by atoms with E-state index in [0.29, 0.717) is 0 Å². The lowest BCUT2D eigenvalue weighted by Gasteiger charge is -2.19. The molecule has 0 bridgehead atoms. The van der Waals surface area contributed by atoms with Gasteiger partial charge in [0.2, 0.25) is 0 Å². The molecule has 84 valence electrons. The van der Waals surface area contributed by atoms with Gasteiger partial charge >= 0.3 is 0 Å². The van der Waals surface area contributed by atoms with E-state index in [1.54, 1.807) is 0 Å². The van der Waals surface area contributed by atoms with Crippen molar-refractivity contribution >= 4 is 28.5 Å². The second-order valence-electron chi connectivity index (χ2n) is 3.31. The summed E-state index contributed by atoms with van der Waals surface area (Å²) in [4.78, 5) is 13.9. The number of halogens is 1. The summed E-state index contributed by atoms with van der Waals surface area (Å²) >= 11 is 2.24. The Balaban J connectivity index is 2.98. The van der Waals surface area contributed by atoms with Gasteiger partial charge in [0.05, 0.1) is 0 Å². The van der Waals surface area contributed by atoms with Crippen LogP contribution in [-0.4, -0.2) is 28.5 Å². The molecule has 0 aliphatic carbocycles. The maximum atomic E-state index is 12.1. The van der Waals surface area contributed by atoms with E-state index in [1.807, 2.05) is 35.6 Å². The summed E-state index contributed by atoms with van der Waals surface area (Å²) in [7, 11) is 0. The van der Waals surface area contributed by atoms with E-state index >= 15 is 0 Å². The lowest BCUT2D eigenvalue weighted by Crippen LogP contribution is -2.31. The maximum absolute atomic E-state index is 12.1. The third-order valence-corrected chi connectivity index (χ3v) is 3.06. The minimum Gasteiger partial charge on any atom is -0.343 e. The molecule has 0 aromatic carbocycles. The van der Waals surface area contributed by atoms with Crippen LogP contribution in [0.25, 0.3) is 0 Å². The van der Waals surface area contributed by atoms with Gasteiger partial charge in [0.1, 0.15) is 5.69 Å². The summed E-state index contributed by atoms with van der Waals surface area (Å²) in [6.07, 6.45) is 2.01. The zero-order valence-corrected chi connectivity index (χ0v) is 11.6. The molecule has 1 aromatic rings. The summed E-state index contributed by atoms with van der Waals surface area (Å²) in [6, 6.07) is 1.95. The zero-order chi connectivity index (χ0) is 11.4. The van der Waals surface area contributed by atoms with E-state index in [4.69, 9.17) is 0 Å². The summed E-state index contributed by atoms with van der Waals surface area (Å²) in [5.74, 6) is 0.129. The molecule has 0 aliphatic heterocycles. The molecule has 15 heavy (non-hydrogen) atoms. The van der Waals surface area contributed by atoms with Crippen molar-refractivity contribution < 1.29 is 4.79 Å². The van der Waals surface area contributed by atoms with Crippen LogP contribution in [0.15, 0.2) is 12.3 Å². The molecule has 1 rings (SSSR count). The highest BCUT2D eigenvalue weighted by molar-refractivity contribution is 14.1. The number of carbonyl (C=O) groups is 1. The van der Waals surface area contributed by atoms with Crippen molar-refractivity contribution in [2.45, 2.75) is 27.3 Å². The second-order valence-corrected chi connectivity index (χ2v) is 4.55. The number of amides is 1. The lowest BCUT2D eigenvalue weighted by molar-refractivity contribution is 0.0762. The first kappa shape index (κ1) is 12.5. The first-order valence-corrected chi connectivity index (χ1v) is 6.36. The Morgan fingerprint density at radius 2 is 2.00 bits per heavy atom. The molecule has 4 heteroatoms. The lowest BCUT2D eigenvalue weighted by atomic mass is 10.3. The number of aromatic nitrogens is 1. The van der Waals surface area contributed by atoms with Crippen LogP contribution in [0, 0.1) is 3.57 Å². The average Bonchev–Trinajstić information content (AvgIpc) is 2.61. The molecule has 0 atom stereocenters. The van der Waals surface area contributed by atoms with E-state index in [9.17, 15) is 4.79 Å². The second kappa shape index (κ2) is 5.53. The van der Waals surface area contributed by atoms with Gasteiger partial charge in [0, 0.05) is 29.4 Å². The highest BCUT2D eigenvalue weighted by Gasteiger charge is 2.16. The van der Waals surface area contributed by atoms with E-state index < -0.39 is 0 Å². The molecule has 0 spiro atoms. The summed E-state index contributed by atoms with van der Waals surface area (Å²) < 4.78 is 3.12. The monoisotopic (exact) mass is 320 g/mol. The maximum Gasteiger partial charge on any atom is 0.270 e. The van der Waals surface area contributed by atoms with Crippen LogP contribution >= 0.6 is 22.6 Å². The fourth-order valence-corrected chi connectivity index (χ4v) is 2.22. The van der Waals surface area contributed by atoms with Gasteiger partial charge in [-0.2, -0.15) is 0 Å². The van der Waals surface area contributed by atoms with Gasteiger partial charge in [0.15, 0.2) is 0 Å². The predicted octanol–water partition coefficient (Wildman–Crippen LogP) is 2.59. The van der Waals surface area contributed by atoms with Crippen molar-refractivity contribution in [2.24, 2.45) is 0 Å². The molecule has 3 nitrogen and oxygen atoms in total. The molecule has 0 fully saturated rings. The van der Waals surface area contributed by atoms with Gasteiger partial charge in [-0.15, -0.1) is 0 Å². The minimum absolute atomic E-state index is 0.129. The fraction of sp³-hybridized carbons (Fsp3) is 0.545. The smallest absolute Gasteiger partial charge is 0.270 e. The van der Waals surface area contributed by atoms with Gasteiger partial charge in [-0.05, 0) is 49.4 Å². The molecule has 1 aromatic heterocycles. The van der Waals surface area contributed by atoms with E-state index in [0.717, 1.165) is 28.9 Å². The van der Waals surface area contributed by atoms with Gasteiger partial charge in [0.25, 0.3) is 5.91 Å². The van der Waals surface area contributed by atoms with Crippen molar-refractivity contribution in [3.63, 3.8) is 0 Å². The van der Waals surface area contributed by atoms with E-state index in [1.165, 1.54) is 0 Å². The van der Waals surface area contributed by atoms with E-state index in [2.05, 4.69) is 29.5 Å². The molecule has 0 unspecified atom stereocenters. The average molecular weight is 320 g/mol. The molecule has 0 N–H and O–H groups in total. The Labute approximate surface area is 105 Å². The SMILES string of the molecule is CCN(CC)C(=O)c1cc(I)cn1CC.